The van der Waals surface area contributed by atoms with Crippen molar-refractivity contribution < 1.29 is 18.7 Å². The number of ether oxygens (including phenoxy) is 1. The minimum atomic E-state index is -0.683. The molecule has 1 fully saturated rings. The number of carbonyl (C=O) groups excluding carboxylic acids is 2. The van der Waals surface area contributed by atoms with E-state index in [1.54, 1.807) is 53.0 Å². The average molecular weight is 345 g/mol. The van der Waals surface area contributed by atoms with Crippen LogP contribution in [-0.2, 0) is 9.53 Å². The number of hydrogen-bond donors (Lipinski definition) is 1. The molecule has 0 spiro atoms. The maximum Gasteiger partial charge on any atom is 0.252 e. The Morgan fingerprint density at radius 2 is 1.88 bits per heavy atom. The van der Waals surface area contributed by atoms with Gasteiger partial charge in [0.15, 0.2) is 0 Å². The summed E-state index contributed by atoms with van der Waals surface area (Å²) >= 11 is 0. The first-order chi connectivity index (χ1) is 12.1. The second-order valence-electron chi connectivity index (χ2n) is 5.89. The predicted octanol–water partition coefficient (Wildman–Crippen LogP) is 1.59. The highest BCUT2D eigenvalue weighted by Gasteiger charge is 2.24. The van der Waals surface area contributed by atoms with Gasteiger partial charge in [0.05, 0.1) is 18.9 Å². The zero-order valence-electron chi connectivity index (χ0n) is 13.9. The summed E-state index contributed by atoms with van der Waals surface area (Å²) < 4.78 is 21.1. The number of carbonyl (C=O) groups is 2. The monoisotopic (exact) mass is 345 g/mol. The molecule has 132 valence electrons. The van der Waals surface area contributed by atoms with E-state index in [0.29, 0.717) is 32.0 Å². The number of nitrogens with zero attached hydrogens (tertiary/aromatic N) is 2. The van der Waals surface area contributed by atoms with Crippen molar-refractivity contribution >= 4 is 11.8 Å². The van der Waals surface area contributed by atoms with Gasteiger partial charge >= 0.3 is 0 Å². The molecule has 2 aromatic rings. The van der Waals surface area contributed by atoms with Crippen molar-refractivity contribution in [3.63, 3.8) is 0 Å². The van der Waals surface area contributed by atoms with Gasteiger partial charge in [0.25, 0.3) is 5.91 Å². The van der Waals surface area contributed by atoms with E-state index < -0.39 is 17.8 Å². The van der Waals surface area contributed by atoms with Gasteiger partial charge in [-0.3, -0.25) is 9.59 Å². The smallest absolute Gasteiger partial charge is 0.252 e. The lowest BCUT2D eigenvalue weighted by Gasteiger charge is -2.29. The molecule has 6 nitrogen and oxygen atoms in total. The molecular weight excluding hydrogens is 325 g/mol. The summed E-state index contributed by atoms with van der Waals surface area (Å²) in [7, 11) is 0. The second-order valence-corrected chi connectivity index (χ2v) is 5.89. The van der Waals surface area contributed by atoms with Crippen LogP contribution in [0.4, 0.5) is 4.39 Å². The highest BCUT2D eigenvalue weighted by Crippen LogP contribution is 2.15. The molecule has 1 aliphatic rings. The maximum absolute atomic E-state index is 14.3. The third kappa shape index (κ3) is 3.88. The fraction of sp³-hybridized carbons (Fsp3) is 0.333. The Bertz CT molecular complexity index is 755. The zero-order chi connectivity index (χ0) is 17.8. The molecular formula is C18H20FN3O3. The van der Waals surface area contributed by atoms with Crippen LogP contribution in [0.5, 0.6) is 0 Å². The Morgan fingerprint density at radius 1 is 1.20 bits per heavy atom. The number of amides is 2. The van der Waals surface area contributed by atoms with Gasteiger partial charge in [0.1, 0.15) is 11.9 Å². The quantitative estimate of drug-likeness (QED) is 0.915. The largest absolute Gasteiger partial charge is 0.378 e. The normalized spacial score (nSPS) is 15.7. The molecule has 2 heterocycles. The fourth-order valence-corrected chi connectivity index (χ4v) is 2.75. The first kappa shape index (κ1) is 17.2. The third-order valence-corrected chi connectivity index (χ3v) is 4.13. The summed E-state index contributed by atoms with van der Waals surface area (Å²) in [5.74, 6) is -1.15. The van der Waals surface area contributed by atoms with Crippen LogP contribution < -0.4 is 5.32 Å². The lowest BCUT2D eigenvalue weighted by molar-refractivity contribution is -0.136. The molecule has 1 N–H and O–H groups in total. The van der Waals surface area contributed by atoms with Gasteiger partial charge in [-0.25, -0.2) is 4.39 Å². The Balaban J connectivity index is 1.66. The van der Waals surface area contributed by atoms with E-state index in [0.717, 1.165) is 0 Å². The molecule has 7 heteroatoms. The maximum atomic E-state index is 14.3. The molecule has 0 saturated carbocycles. The van der Waals surface area contributed by atoms with Crippen LogP contribution in [0.15, 0.2) is 42.7 Å². The standard InChI is InChI=1S/C18H20FN3O3/c1-13(18(24)22-8-10-25-11-9-22)20-17(23)14-4-5-16(15(19)12-14)21-6-2-3-7-21/h2-7,12-13H,8-11H2,1H3,(H,20,23). The lowest BCUT2D eigenvalue weighted by Crippen LogP contribution is -2.50. The summed E-state index contributed by atoms with van der Waals surface area (Å²) in [4.78, 5) is 26.3. The van der Waals surface area contributed by atoms with Gasteiger partial charge in [-0.2, -0.15) is 0 Å². The van der Waals surface area contributed by atoms with E-state index in [2.05, 4.69) is 5.32 Å². The molecule has 1 aliphatic heterocycles. The minimum absolute atomic E-state index is 0.166. The average Bonchev–Trinajstić information content (AvgIpc) is 3.16. The second kappa shape index (κ2) is 7.48. The number of morpholine rings is 1. The fourth-order valence-electron chi connectivity index (χ4n) is 2.75. The summed E-state index contributed by atoms with van der Waals surface area (Å²) in [6.45, 7) is 3.65. The van der Waals surface area contributed by atoms with Crippen molar-refractivity contribution in [3.8, 4) is 5.69 Å². The molecule has 0 radical (unpaired) electrons. The van der Waals surface area contributed by atoms with E-state index in [4.69, 9.17) is 4.74 Å². The van der Waals surface area contributed by atoms with Gasteiger partial charge in [-0.15, -0.1) is 0 Å². The van der Waals surface area contributed by atoms with E-state index >= 15 is 0 Å². The number of hydrogen-bond acceptors (Lipinski definition) is 3. The Morgan fingerprint density at radius 3 is 2.52 bits per heavy atom. The van der Waals surface area contributed by atoms with Crippen molar-refractivity contribution in [2.24, 2.45) is 0 Å². The summed E-state index contributed by atoms with van der Waals surface area (Å²) in [6, 6.07) is 7.16. The molecule has 1 unspecified atom stereocenters. The summed E-state index contributed by atoms with van der Waals surface area (Å²) in [5.41, 5.74) is 0.536. The van der Waals surface area contributed by atoms with Crippen LogP contribution in [0.25, 0.3) is 5.69 Å². The number of halogens is 1. The Labute approximate surface area is 145 Å². The topological polar surface area (TPSA) is 63.6 Å². The molecule has 25 heavy (non-hydrogen) atoms. The molecule has 1 aromatic carbocycles. The molecule has 0 aliphatic carbocycles. The number of aromatic nitrogens is 1. The molecule has 0 bridgehead atoms. The zero-order valence-corrected chi connectivity index (χ0v) is 13.9. The van der Waals surface area contributed by atoms with Crippen LogP contribution in [0.2, 0.25) is 0 Å². The molecule has 2 amide bonds. The van der Waals surface area contributed by atoms with E-state index in [1.807, 2.05) is 0 Å². The van der Waals surface area contributed by atoms with Gasteiger partial charge in [0.2, 0.25) is 5.91 Å². The first-order valence-corrected chi connectivity index (χ1v) is 8.16. The SMILES string of the molecule is CC(NC(=O)c1ccc(-n2cccc2)c(F)c1)C(=O)N1CCOCC1. The van der Waals surface area contributed by atoms with Crippen LogP contribution >= 0.6 is 0 Å². The molecule has 1 aromatic heterocycles. The molecule has 3 rings (SSSR count). The molecule has 1 saturated heterocycles. The van der Waals surface area contributed by atoms with Gasteiger partial charge < -0.3 is 19.5 Å². The van der Waals surface area contributed by atoms with Gasteiger partial charge in [0, 0.05) is 31.0 Å². The van der Waals surface area contributed by atoms with E-state index in [-0.39, 0.29) is 11.5 Å². The van der Waals surface area contributed by atoms with Crippen molar-refractivity contribution in [1.29, 1.82) is 0 Å². The predicted molar refractivity (Wildman–Crippen MR) is 90.1 cm³/mol. The summed E-state index contributed by atoms with van der Waals surface area (Å²) in [6.07, 6.45) is 3.45. The van der Waals surface area contributed by atoms with E-state index in [9.17, 15) is 14.0 Å². The van der Waals surface area contributed by atoms with E-state index in [1.165, 1.54) is 6.07 Å². The third-order valence-electron chi connectivity index (χ3n) is 4.13. The number of nitrogens with one attached hydrogen (secondary N) is 1. The summed E-state index contributed by atoms with van der Waals surface area (Å²) in [5, 5.41) is 2.63. The van der Waals surface area contributed by atoms with Gasteiger partial charge in [-0.1, -0.05) is 0 Å². The van der Waals surface area contributed by atoms with Crippen LogP contribution in [0, 0.1) is 5.82 Å². The van der Waals surface area contributed by atoms with Crippen molar-refractivity contribution in [3.05, 3.63) is 54.1 Å². The highest BCUT2D eigenvalue weighted by molar-refractivity contribution is 5.97. The minimum Gasteiger partial charge on any atom is -0.378 e. The van der Waals surface area contributed by atoms with Crippen molar-refractivity contribution in [2.45, 2.75) is 13.0 Å². The van der Waals surface area contributed by atoms with Crippen LogP contribution in [-0.4, -0.2) is 53.6 Å². The number of rotatable bonds is 4. The Kier molecular flexibility index (Phi) is 5.14. The van der Waals surface area contributed by atoms with Crippen molar-refractivity contribution in [2.75, 3.05) is 26.3 Å². The van der Waals surface area contributed by atoms with Crippen molar-refractivity contribution in [1.82, 2.24) is 14.8 Å². The first-order valence-electron chi connectivity index (χ1n) is 8.16. The van der Waals surface area contributed by atoms with Gasteiger partial charge in [-0.05, 0) is 37.3 Å². The lowest BCUT2D eigenvalue weighted by atomic mass is 10.1. The van der Waals surface area contributed by atoms with Crippen LogP contribution in [0.1, 0.15) is 17.3 Å². The Hall–Kier alpha value is -2.67. The number of benzene rings is 1. The highest BCUT2D eigenvalue weighted by atomic mass is 19.1. The van der Waals surface area contributed by atoms with Crippen LogP contribution in [0.3, 0.4) is 0 Å². The molecule has 1 atom stereocenters.